The largest absolute Gasteiger partial charge is 0.376 e. The fourth-order valence-electron chi connectivity index (χ4n) is 0.585. The molecule has 2 nitrogen and oxygen atoms in total. The number of aromatic nitrogens is 2. The summed E-state index contributed by atoms with van der Waals surface area (Å²) in [6.07, 6.45) is 4.25. The van der Waals surface area contributed by atoms with Crippen LogP contribution in [0, 0.1) is 6.20 Å². The molecular formula is C7H9N2Re-. The molecule has 1 heterocycles. The normalized spacial score (nSPS) is 9.10. The number of rotatable bonds is 1. The van der Waals surface area contributed by atoms with Crippen molar-refractivity contribution in [2.75, 3.05) is 0 Å². The van der Waals surface area contributed by atoms with E-state index in [1.165, 1.54) is 6.33 Å². The Balaban J connectivity index is 0.000000810. The molecule has 0 aliphatic heterocycles. The van der Waals surface area contributed by atoms with Crippen molar-refractivity contribution in [1.29, 1.82) is 0 Å². The van der Waals surface area contributed by atoms with Gasteiger partial charge in [0.2, 0.25) is 0 Å². The van der Waals surface area contributed by atoms with Crippen molar-refractivity contribution in [3.63, 3.8) is 0 Å². The molecule has 1 aromatic rings. The standard InChI is InChI=1S/C7H9N2.Re/c1-6(2)7-3-4-8-5-9-7;/h3,5-6H,1-2H3;/q-1;. The van der Waals surface area contributed by atoms with Crippen LogP contribution in [0.3, 0.4) is 0 Å². The summed E-state index contributed by atoms with van der Waals surface area (Å²) >= 11 is 0. The molecule has 0 fully saturated rings. The van der Waals surface area contributed by atoms with Gasteiger partial charge in [-0.3, -0.25) is 0 Å². The Hall–Kier alpha value is -0.258. The smallest absolute Gasteiger partial charge is 0 e. The first kappa shape index (κ1) is 9.74. The van der Waals surface area contributed by atoms with Crippen LogP contribution in [0.25, 0.3) is 0 Å². The molecule has 0 aromatic carbocycles. The van der Waals surface area contributed by atoms with Gasteiger partial charge in [0.05, 0.1) is 0 Å². The van der Waals surface area contributed by atoms with Gasteiger partial charge in [0.25, 0.3) is 0 Å². The van der Waals surface area contributed by atoms with Crippen molar-refractivity contribution in [1.82, 2.24) is 9.97 Å². The number of hydrogen-bond donors (Lipinski definition) is 0. The van der Waals surface area contributed by atoms with Crippen LogP contribution in [0.4, 0.5) is 0 Å². The van der Waals surface area contributed by atoms with E-state index in [9.17, 15) is 0 Å². The summed E-state index contributed by atoms with van der Waals surface area (Å²) in [4.78, 5) is 7.73. The van der Waals surface area contributed by atoms with Gasteiger partial charge in [-0.2, -0.15) is 0 Å². The van der Waals surface area contributed by atoms with Crippen molar-refractivity contribution in [3.8, 4) is 0 Å². The molecule has 0 bridgehead atoms. The third kappa shape index (κ3) is 2.55. The van der Waals surface area contributed by atoms with Gasteiger partial charge in [0, 0.05) is 20.4 Å². The van der Waals surface area contributed by atoms with E-state index >= 15 is 0 Å². The second kappa shape index (κ2) is 4.54. The molecule has 0 spiro atoms. The molecule has 0 saturated carbocycles. The molecule has 1 radical (unpaired) electrons. The minimum atomic E-state index is 0. The van der Waals surface area contributed by atoms with E-state index in [0.717, 1.165) is 5.69 Å². The maximum absolute atomic E-state index is 4.04. The van der Waals surface area contributed by atoms with Gasteiger partial charge in [-0.15, -0.1) is 6.07 Å². The van der Waals surface area contributed by atoms with E-state index in [4.69, 9.17) is 0 Å². The van der Waals surface area contributed by atoms with Crippen LogP contribution in [0.1, 0.15) is 25.5 Å². The first-order valence-corrected chi connectivity index (χ1v) is 2.98. The van der Waals surface area contributed by atoms with Crippen LogP contribution >= 0.6 is 0 Å². The van der Waals surface area contributed by atoms with E-state index in [0.29, 0.717) is 5.92 Å². The maximum atomic E-state index is 4.04. The maximum Gasteiger partial charge on any atom is 0 e. The van der Waals surface area contributed by atoms with Crippen molar-refractivity contribution in [3.05, 3.63) is 24.3 Å². The van der Waals surface area contributed by atoms with E-state index < -0.39 is 0 Å². The Labute approximate surface area is 74.7 Å². The summed E-state index contributed by atoms with van der Waals surface area (Å²) in [5.41, 5.74) is 1.05. The van der Waals surface area contributed by atoms with Crippen molar-refractivity contribution >= 4 is 0 Å². The Kier molecular flexibility index (Phi) is 4.42. The van der Waals surface area contributed by atoms with Gasteiger partial charge in [0.15, 0.2) is 0 Å². The summed E-state index contributed by atoms with van der Waals surface area (Å²) in [6, 6.07) is 1.81. The van der Waals surface area contributed by atoms with Crippen LogP contribution in [-0.2, 0) is 20.4 Å². The van der Waals surface area contributed by atoms with E-state index in [-0.39, 0.29) is 20.4 Å². The zero-order valence-corrected chi connectivity index (χ0v) is 8.72. The van der Waals surface area contributed by atoms with Gasteiger partial charge < -0.3 is 9.97 Å². The van der Waals surface area contributed by atoms with Crippen LogP contribution in [0.2, 0.25) is 0 Å². The predicted octanol–water partition coefficient (Wildman–Crippen LogP) is 1.40. The Morgan fingerprint density at radius 2 is 2.20 bits per heavy atom. The molecule has 0 N–H and O–H groups in total. The van der Waals surface area contributed by atoms with Gasteiger partial charge in [0.1, 0.15) is 0 Å². The molecule has 3 heteroatoms. The van der Waals surface area contributed by atoms with Crippen molar-refractivity contribution in [2.45, 2.75) is 19.8 Å². The van der Waals surface area contributed by atoms with Gasteiger partial charge in [-0.25, -0.2) is 0 Å². The zero-order chi connectivity index (χ0) is 6.69. The molecule has 0 unspecified atom stereocenters. The monoisotopic (exact) mass is 308 g/mol. The number of hydrogen-bond acceptors (Lipinski definition) is 2. The second-order valence-electron chi connectivity index (χ2n) is 2.23. The van der Waals surface area contributed by atoms with Crippen LogP contribution in [0.15, 0.2) is 12.4 Å². The molecule has 0 atom stereocenters. The summed E-state index contributed by atoms with van der Waals surface area (Å²) in [5.74, 6) is 0.476. The Morgan fingerprint density at radius 1 is 1.50 bits per heavy atom. The molecule has 0 saturated heterocycles. The molecule has 0 aliphatic carbocycles. The van der Waals surface area contributed by atoms with E-state index in [2.05, 4.69) is 30.0 Å². The molecular weight excluding hydrogens is 298 g/mol. The molecule has 0 aliphatic rings. The van der Waals surface area contributed by atoms with E-state index in [1.807, 2.05) is 6.07 Å². The average Bonchev–Trinajstić information content (AvgIpc) is 1.90. The summed E-state index contributed by atoms with van der Waals surface area (Å²) < 4.78 is 0. The van der Waals surface area contributed by atoms with Crippen LogP contribution < -0.4 is 0 Å². The van der Waals surface area contributed by atoms with E-state index in [1.54, 1.807) is 0 Å². The molecule has 10 heavy (non-hydrogen) atoms. The fraction of sp³-hybridized carbons (Fsp3) is 0.429. The predicted molar refractivity (Wildman–Crippen MR) is 35.0 cm³/mol. The Morgan fingerprint density at radius 3 is 2.50 bits per heavy atom. The molecule has 1 aromatic heterocycles. The van der Waals surface area contributed by atoms with Gasteiger partial charge in [-0.1, -0.05) is 31.7 Å². The third-order valence-corrected chi connectivity index (χ3v) is 1.14. The molecule has 55 valence electrons. The Bertz CT molecular complexity index is 174. The summed E-state index contributed by atoms with van der Waals surface area (Å²) in [7, 11) is 0. The van der Waals surface area contributed by atoms with Crippen molar-refractivity contribution < 1.29 is 20.4 Å². The minimum Gasteiger partial charge on any atom is -0.376 e. The van der Waals surface area contributed by atoms with Gasteiger partial charge in [-0.05, 0) is 6.33 Å². The van der Waals surface area contributed by atoms with Crippen LogP contribution in [-0.4, -0.2) is 9.97 Å². The number of nitrogens with zero attached hydrogens (tertiary/aromatic N) is 2. The summed E-state index contributed by atoms with van der Waals surface area (Å²) in [5, 5.41) is 0. The molecule has 1 rings (SSSR count). The summed E-state index contributed by atoms with van der Waals surface area (Å²) in [6.45, 7) is 4.19. The topological polar surface area (TPSA) is 25.8 Å². The van der Waals surface area contributed by atoms with Gasteiger partial charge >= 0.3 is 0 Å². The first-order chi connectivity index (χ1) is 4.30. The van der Waals surface area contributed by atoms with Crippen molar-refractivity contribution in [2.24, 2.45) is 0 Å². The third-order valence-electron chi connectivity index (χ3n) is 1.14. The quantitative estimate of drug-likeness (QED) is 0.733. The fourth-order valence-corrected chi connectivity index (χ4v) is 0.585. The van der Waals surface area contributed by atoms with Crippen LogP contribution in [0.5, 0.6) is 0 Å². The SMILES string of the molecule is CC(C)c1c[c-]ncn1.[Re]. The zero-order valence-electron chi connectivity index (χ0n) is 6.00. The molecule has 0 amide bonds. The second-order valence-corrected chi connectivity index (χ2v) is 2.23. The first-order valence-electron chi connectivity index (χ1n) is 2.98. The minimum absolute atomic E-state index is 0. The average molecular weight is 307 g/mol.